The minimum Gasteiger partial charge on any atom is -0.356 e. The van der Waals surface area contributed by atoms with Crippen LogP contribution in [0, 0.1) is 6.92 Å². The number of hydrogen-bond acceptors (Lipinski definition) is 4. The number of halogens is 1. The molecule has 0 aromatic heterocycles. The number of rotatable bonds is 9. The van der Waals surface area contributed by atoms with Gasteiger partial charge in [-0.3, -0.25) is 9.10 Å². The molecule has 1 amide bonds. The molecule has 0 atom stereocenters. The standard InChI is InChI=1S/C16H26ClN3O3S/c1-13-14(17)7-5-8-15(13)20(24(4,22)23)12-9-16(21)18-10-6-11-19(2)3/h5,7-8H,6,9-12H2,1-4H3,(H,18,21). The predicted octanol–water partition coefficient (Wildman–Crippen LogP) is 1.87. The molecule has 0 saturated heterocycles. The summed E-state index contributed by atoms with van der Waals surface area (Å²) in [5.41, 5.74) is 1.18. The highest BCUT2D eigenvalue weighted by molar-refractivity contribution is 7.92. The van der Waals surface area contributed by atoms with E-state index in [0.29, 0.717) is 22.8 Å². The van der Waals surface area contributed by atoms with Crippen LogP contribution in [0.4, 0.5) is 5.69 Å². The van der Waals surface area contributed by atoms with E-state index in [2.05, 4.69) is 5.32 Å². The van der Waals surface area contributed by atoms with E-state index in [1.54, 1.807) is 25.1 Å². The van der Waals surface area contributed by atoms with Crippen LogP contribution < -0.4 is 9.62 Å². The molecule has 136 valence electrons. The maximum Gasteiger partial charge on any atom is 0.232 e. The Balaban J connectivity index is 2.69. The Morgan fingerprint density at radius 2 is 1.92 bits per heavy atom. The fraction of sp³-hybridized carbons (Fsp3) is 0.562. The van der Waals surface area contributed by atoms with Crippen molar-refractivity contribution in [1.29, 1.82) is 0 Å². The first-order valence-electron chi connectivity index (χ1n) is 7.77. The van der Waals surface area contributed by atoms with Gasteiger partial charge in [0.1, 0.15) is 0 Å². The van der Waals surface area contributed by atoms with Crippen LogP contribution in [0.15, 0.2) is 18.2 Å². The van der Waals surface area contributed by atoms with Crippen LogP contribution in [-0.4, -0.2) is 59.2 Å². The summed E-state index contributed by atoms with van der Waals surface area (Å²) in [6.45, 7) is 3.31. The summed E-state index contributed by atoms with van der Waals surface area (Å²) < 4.78 is 25.4. The van der Waals surface area contributed by atoms with Crippen LogP contribution in [0.5, 0.6) is 0 Å². The number of nitrogens with one attached hydrogen (secondary N) is 1. The summed E-state index contributed by atoms with van der Waals surface area (Å²) in [5.74, 6) is -0.165. The summed E-state index contributed by atoms with van der Waals surface area (Å²) in [7, 11) is 0.441. The van der Waals surface area contributed by atoms with Crippen LogP contribution in [0.1, 0.15) is 18.4 Å². The molecule has 0 unspecified atom stereocenters. The lowest BCUT2D eigenvalue weighted by Crippen LogP contribution is -2.35. The predicted molar refractivity (Wildman–Crippen MR) is 99.2 cm³/mol. The molecule has 0 aliphatic heterocycles. The molecule has 0 aliphatic carbocycles. The van der Waals surface area contributed by atoms with Gasteiger partial charge in [0.15, 0.2) is 0 Å². The fourth-order valence-corrected chi connectivity index (χ4v) is 3.39. The maximum atomic E-state index is 12.1. The lowest BCUT2D eigenvalue weighted by Gasteiger charge is -2.24. The van der Waals surface area contributed by atoms with Crippen molar-refractivity contribution >= 4 is 33.2 Å². The largest absolute Gasteiger partial charge is 0.356 e. The fourth-order valence-electron chi connectivity index (χ4n) is 2.25. The minimum atomic E-state index is -3.50. The second-order valence-electron chi connectivity index (χ2n) is 5.98. The van der Waals surface area contributed by atoms with Crippen LogP contribution in [0.25, 0.3) is 0 Å². The number of hydrogen-bond donors (Lipinski definition) is 1. The zero-order chi connectivity index (χ0) is 18.3. The van der Waals surface area contributed by atoms with E-state index < -0.39 is 10.0 Å². The smallest absolute Gasteiger partial charge is 0.232 e. The molecule has 1 aromatic rings. The van der Waals surface area contributed by atoms with Gasteiger partial charge in [0.05, 0.1) is 11.9 Å². The van der Waals surface area contributed by atoms with Gasteiger partial charge in [-0.15, -0.1) is 0 Å². The number of amides is 1. The van der Waals surface area contributed by atoms with Gasteiger partial charge < -0.3 is 10.2 Å². The number of anilines is 1. The van der Waals surface area contributed by atoms with Gasteiger partial charge in [-0.25, -0.2) is 8.42 Å². The van der Waals surface area contributed by atoms with Crippen molar-refractivity contribution in [3.05, 3.63) is 28.8 Å². The first-order valence-corrected chi connectivity index (χ1v) is 10.00. The van der Waals surface area contributed by atoms with Gasteiger partial charge >= 0.3 is 0 Å². The first-order chi connectivity index (χ1) is 11.1. The molecular formula is C16H26ClN3O3S. The van der Waals surface area contributed by atoms with Crippen molar-refractivity contribution in [3.63, 3.8) is 0 Å². The molecule has 24 heavy (non-hydrogen) atoms. The Hall–Kier alpha value is -1.31. The SMILES string of the molecule is Cc1c(Cl)cccc1N(CCC(=O)NCCCN(C)C)S(C)(=O)=O. The van der Waals surface area contributed by atoms with Crippen LogP contribution >= 0.6 is 11.6 Å². The van der Waals surface area contributed by atoms with Gasteiger partial charge in [0, 0.05) is 24.5 Å². The monoisotopic (exact) mass is 375 g/mol. The van der Waals surface area contributed by atoms with E-state index in [4.69, 9.17) is 11.6 Å². The van der Waals surface area contributed by atoms with E-state index in [9.17, 15) is 13.2 Å². The summed E-state index contributed by atoms with van der Waals surface area (Å²) in [6.07, 6.45) is 2.07. The zero-order valence-electron chi connectivity index (χ0n) is 14.7. The highest BCUT2D eigenvalue weighted by Gasteiger charge is 2.21. The van der Waals surface area contributed by atoms with Crippen LogP contribution in [0.2, 0.25) is 5.02 Å². The number of nitrogens with zero attached hydrogens (tertiary/aromatic N) is 2. The topological polar surface area (TPSA) is 69.7 Å². The quantitative estimate of drug-likeness (QED) is 0.669. The molecule has 0 fully saturated rings. The third-order valence-electron chi connectivity index (χ3n) is 3.55. The molecule has 8 heteroatoms. The lowest BCUT2D eigenvalue weighted by atomic mass is 10.2. The van der Waals surface area contributed by atoms with E-state index in [1.165, 1.54) is 4.31 Å². The lowest BCUT2D eigenvalue weighted by molar-refractivity contribution is -0.120. The Kier molecular flexibility index (Phi) is 7.99. The summed E-state index contributed by atoms with van der Waals surface area (Å²) >= 11 is 6.08. The third-order valence-corrected chi connectivity index (χ3v) is 5.14. The Labute approximate surface area is 149 Å². The molecule has 1 N–H and O–H groups in total. The highest BCUT2D eigenvalue weighted by Crippen LogP contribution is 2.28. The first kappa shape index (κ1) is 20.7. The molecule has 0 bridgehead atoms. The molecule has 0 radical (unpaired) electrons. The average molecular weight is 376 g/mol. The van der Waals surface area contributed by atoms with E-state index in [-0.39, 0.29) is 18.9 Å². The van der Waals surface area contributed by atoms with Crippen molar-refractivity contribution < 1.29 is 13.2 Å². The van der Waals surface area contributed by atoms with E-state index in [1.807, 2.05) is 19.0 Å². The van der Waals surface area contributed by atoms with Crippen molar-refractivity contribution in [2.75, 3.05) is 44.3 Å². The Morgan fingerprint density at radius 3 is 2.50 bits per heavy atom. The molecule has 1 rings (SSSR count). The second kappa shape index (κ2) is 9.25. The average Bonchev–Trinajstić information content (AvgIpc) is 2.46. The van der Waals surface area contributed by atoms with Gasteiger partial charge in [0.25, 0.3) is 0 Å². The van der Waals surface area contributed by atoms with Gasteiger partial charge in [-0.05, 0) is 51.7 Å². The normalized spacial score (nSPS) is 11.6. The number of sulfonamides is 1. The van der Waals surface area contributed by atoms with Crippen molar-refractivity contribution in [3.8, 4) is 0 Å². The molecule has 0 saturated carbocycles. The van der Waals surface area contributed by atoms with Gasteiger partial charge in [-0.1, -0.05) is 17.7 Å². The highest BCUT2D eigenvalue weighted by atomic mass is 35.5. The van der Waals surface area contributed by atoms with E-state index >= 15 is 0 Å². The van der Waals surface area contributed by atoms with Crippen molar-refractivity contribution in [2.45, 2.75) is 19.8 Å². The summed E-state index contributed by atoms with van der Waals surface area (Å²) in [6, 6.07) is 5.10. The van der Waals surface area contributed by atoms with E-state index in [0.717, 1.165) is 19.2 Å². The Bertz CT molecular complexity index is 663. The number of benzene rings is 1. The zero-order valence-corrected chi connectivity index (χ0v) is 16.2. The summed E-state index contributed by atoms with van der Waals surface area (Å²) in [5, 5.41) is 3.30. The van der Waals surface area contributed by atoms with Crippen molar-refractivity contribution in [2.24, 2.45) is 0 Å². The number of carbonyl (C=O) groups excluding carboxylic acids is 1. The molecule has 0 aliphatic rings. The number of carbonyl (C=O) groups is 1. The molecular weight excluding hydrogens is 350 g/mol. The third kappa shape index (κ3) is 6.67. The van der Waals surface area contributed by atoms with Crippen LogP contribution in [-0.2, 0) is 14.8 Å². The molecule has 0 spiro atoms. The summed E-state index contributed by atoms with van der Waals surface area (Å²) in [4.78, 5) is 14.0. The molecule has 6 nitrogen and oxygen atoms in total. The molecule has 0 heterocycles. The van der Waals surface area contributed by atoms with Gasteiger partial charge in [0.2, 0.25) is 15.9 Å². The minimum absolute atomic E-state index is 0.0829. The maximum absolute atomic E-state index is 12.1. The van der Waals surface area contributed by atoms with Crippen molar-refractivity contribution in [1.82, 2.24) is 10.2 Å². The Morgan fingerprint density at radius 1 is 1.25 bits per heavy atom. The van der Waals surface area contributed by atoms with Gasteiger partial charge in [-0.2, -0.15) is 0 Å². The van der Waals surface area contributed by atoms with Crippen LogP contribution in [0.3, 0.4) is 0 Å². The molecule has 1 aromatic carbocycles. The second-order valence-corrected chi connectivity index (χ2v) is 8.29.